The summed E-state index contributed by atoms with van der Waals surface area (Å²) in [6.07, 6.45) is 0. The second kappa shape index (κ2) is 4.52. The molecule has 0 unspecified atom stereocenters. The fourth-order valence-corrected chi connectivity index (χ4v) is 1.39. The lowest BCUT2D eigenvalue weighted by atomic mass is 10.0. The van der Waals surface area contributed by atoms with Gasteiger partial charge in [0.05, 0.1) is 11.6 Å². The van der Waals surface area contributed by atoms with Gasteiger partial charge in [-0.05, 0) is 30.5 Å². The molecule has 0 saturated carbocycles. The zero-order chi connectivity index (χ0) is 9.84. The summed E-state index contributed by atoms with van der Waals surface area (Å²) >= 11 is 6.03. The molecule has 0 bridgehead atoms. The van der Waals surface area contributed by atoms with Crippen molar-refractivity contribution >= 4 is 11.6 Å². The van der Waals surface area contributed by atoms with E-state index in [-0.39, 0.29) is 0 Å². The van der Waals surface area contributed by atoms with E-state index in [0.717, 1.165) is 5.75 Å². The van der Waals surface area contributed by atoms with E-state index in [4.69, 9.17) is 16.3 Å². The summed E-state index contributed by atoms with van der Waals surface area (Å²) in [4.78, 5) is 0. The summed E-state index contributed by atoms with van der Waals surface area (Å²) in [5.74, 6) is 1.28. The summed E-state index contributed by atoms with van der Waals surface area (Å²) in [7, 11) is 0. The van der Waals surface area contributed by atoms with Crippen molar-refractivity contribution in [3.8, 4) is 5.75 Å². The van der Waals surface area contributed by atoms with Gasteiger partial charge in [0, 0.05) is 0 Å². The number of benzene rings is 1. The Morgan fingerprint density at radius 2 is 2.08 bits per heavy atom. The first kappa shape index (κ1) is 10.4. The van der Waals surface area contributed by atoms with Gasteiger partial charge < -0.3 is 4.74 Å². The van der Waals surface area contributed by atoms with Crippen LogP contribution < -0.4 is 4.74 Å². The van der Waals surface area contributed by atoms with Crippen LogP contribution in [-0.4, -0.2) is 6.61 Å². The lowest BCUT2D eigenvalue weighted by Crippen LogP contribution is -1.93. The first-order chi connectivity index (χ1) is 6.15. The topological polar surface area (TPSA) is 9.23 Å². The third-order valence-electron chi connectivity index (χ3n) is 1.92. The molecule has 1 nitrogen and oxygen atoms in total. The van der Waals surface area contributed by atoms with Crippen molar-refractivity contribution in [1.82, 2.24) is 0 Å². The van der Waals surface area contributed by atoms with Crippen LogP contribution in [0.4, 0.5) is 0 Å². The van der Waals surface area contributed by atoms with Crippen molar-refractivity contribution in [1.29, 1.82) is 0 Å². The van der Waals surface area contributed by atoms with Crippen molar-refractivity contribution in [3.05, 3.63) is 28.8 Å². The van der Waals surface area contributed by atoms with E-state index < -0.39 is 0 Å². The highest BCUT2D eigenvalue weighted by Crippen LogP contribution is 2.28. The van der Waals surface area contributed by atoms with Gasteiger partial charge in [0.25, 0.3) is 0 Å². The van der Waals surface area contributed by atoms with E-state index >= 15 is 0 Å². The molecule has 0 aliphatic heterocycles. The number of ether oxygens (including phenoxy) is 1. The molecule has 2 heteroatoms. The minimum Gasteiger partial charge on any atom is -0.492 e. The first-order valence-corrected chi connectivity index (χ1v) is 4.95. The third-order valence-corrected chi connectivity index (χ3v) is 2.22. The van der Waals surface area contributed by atoms with Crippen LogP contribution in [0.25, 0.3) is 0 Å². The van der Waals surface area contributed by atoms with E-state index in [0.29, 0.717) is 17.5 Å². The van der Waals surface area contributed by atoms with Crippen LogP contribution in [0.5, 0.6) is 5.75 Å². The second-order valence-corrected chi connectivity index (χ2v) is 3.68. The molecular weight excluding hydrogens is 184 g/mol. The van der Waals surface area contributed by atoms with Crippen molar-refractivity contribution in [2.24, 2.45) is 0 Å². The quantitative estimate of drug-likeness (QED) is 0.717. The molecule has 0 spiro atoms. The van der Waals surface area contributed by atoms with Gasteiger partial charge in [-0.2, -0.15) is 0 Å². The Morgan fingerprint density at radius 1 is 1.38 bits per heavy atom. The maximum absolute atomic E-state index is 6.03. The predicted octanol–water partition coefficient (Wildman–Crippen LogP) is 3.86. The maximum atomic E-state index is 6.03. The highest BCUT2D eigenvalue weighted by Gasteiger charge is 2.04. The Hall–Kier alpha value is -0.690. The van der Waals surface area contributed by atoms with E-state index in [1.54, 1.807) is 0 Å². The summed E-state index contributed by atoms with van der Waals surface area (Å²) in [6, 6.07) is 5.96. The first-order valence-electron chi connectivity index (χ1n) is 4.57. The second-order valence-electron chi connectivity index (χ2n) is 3.28. The van der Waals surface area contributed by atoms with Gasteiger partial charge in [-0.3, -0.25) is 0 Å². The van der Waals surface area contributed by atoms with Gasteiger partial charge in [0.1, 0.15) is 5.75 Å². The van der Waals surface area contributed by atoms with Gasteiger partial charge >= 0.3 is 0 Å². The van der Waals surface area contributed by atoms with E-state index in [1.165, 1.54) is 5.56 Å². The van der Waals surface area contributed by atoms with Crippen LogP contribution in [-0.2, 0) is 0 Å². The molecule has 0 radical (unpaired) electrons. The smallest absolute Gasteiger partial charge is 0.137 e. The molecule has 1 aromatic rings. The third kappa shape index (κ3) is 2.63. The number of hydrogen-bond acceptors (Lipinski definition) is 1. The Balaban J connectivity index is 2.92. The SMILES string of the molecule is CCOc1ccc(C(C)C)cc1Cl. The number of rotatable bonds is 3. The molecule has 0 amide bonds. The van der Waals surface area contributed by atoms with Crippen molar-refractivity contribution in [3.63, 3.8) is 0 Å². The van der Waals surface area contributed by atoms with Gasteiger partial charge in [-0.15, -0.1) is 0 Å². The Labute approximate surface area is 84.7 Å². The average Bonchev–Trinajstić information content (AvgIpc) is 2.08. The molecule has 0 aromatic heterocycles. The van der Waals surface area contributed by atoms with Crippen LogP contribution in [0.2, 0.25) is 5.02 Å². The summed E-state index contributed by atoms with van der Waals surface area (Å²) < 4.78 is 5.34. The molecular formula is C11H15ClO. The van der Waals surface area contributed by atoms with Crippen LogP contribution >= 0.6 is 11.6 Å². The lowest BCUT2D eigenvalue weighted by molar-refractivity contribution is 0.340. The van der Waals surface area contributed by atoms with Crippen LogP contribution in [0.15, 0.2) is 18.2 Å². The maximum Gasteiger partial charge on any atom is 0.137 e. The van der Waals surface area contributed by atoms with Crippen LogP contribution in [0.3, 0.4) is 0 Å². The molecule has 0 saturated heterocycles. The van der Waals surface area contributed by atoms with Gasteiger partial charge in [-0.25, -0.2) is 0 Å². The highest BCUT2D eigenvalue weighted by atomic mass is 35.5. The minimum atomic E-state index is 0.508. The normalized spacial score (nSPS) is 10.5. The minimum absolute atomic E-state index is 0.508. The predicted molar refractivity (Wildman–Crippen MR) is 56.7 cm³/mol. The van der Waals surface area contributed by atoms with E-state index in [1.807, 2.05) is 19.1 Å². The van der Waals surface area contributed by atoms with Crippen molar-refractivity contribution in [2.75, 3.05) is 6.61 Å². The summed E-state index contributed by atoms with van der Waals surface area (Å²) in [6.45, 7) is 6.89. The standard InChI is InChI=1S/C11H15ClO/c1-4-13-11-6-5-9(8(2)3)7-10(11)12/h5-8H,4H2,1-3H3. The van der Waals surface area contributed by atoms with Crippen LogP contribution in [0.1, 0.15) is 32.3 Å². The van der Waals surface area contributed by atoms with Gasteiger partial charge in [0.15, 0.2) is 0 Å². The molecule has 0 aliphatic rings. The number of hydrogen-bond donors (Lipinski definition) is 0. The molecule has 0 fully saturated rings. The molecule has 72 valence electrons. The monoisotopic (exact) mass is 198 g/mol. The molecule has 0 N–H and O–H groups in total. The van der Waals surface area contributed by atoms with Crippen LogP contribution in [0, 0.1) is 0 Å². The molecule has 0 aliphatic carbocycles. The van der Waals surface area contributed by atoms with Gasteiger partial charge in [-0.1, -0.05) is 31.5 Å². The molecule has 0 atom stereocenters. The Kier molecular flexibility index (Phi) is 3.61. The van der Waals surface area contributed by atoms with Crippen molar-refractivity contribution < 1.29 is 4.74 Å². The molecule has 13 heavy (non-hydrogen) atoms. The highest BCUT2D eigenvalue weighted by molar-refractivity contribution is 6.32. The van der Waals surface area contributed by atoms with E-state index in [2.05, 4.69) is 19.9 Å². The molecule has 0 heterocycles. The molecule has 1 rings (SSSR count). The summed E-state index contributed by atoms with van der Waals surface area (Å²) in [5.41, 5.74) is 1.24. The largest absolute Gasteiger partial charge is 0.492 e. The Morgan fingerprint density at radius 3 is 2.54 bits per heavy atom. The summed E-state index contributed by atoms with van der Waals surface area (Å²) in [5, 5.41) is 0.702. The fraction of sp³-hybridized carbons (Fsp3) is 0.455. The zero-order valence-corrected chi connectivity index (χ0v) is 9.06. The van der Waals surface area contributed by atoms with Crippen molar-refractivity contribution in [2.45, 2.75) is 26.7 Å². The average molecular weight is 199 g/mol. The number of halogens is 1. The van der Waals surface area contributed by atoms with E-state index in [9.17, 15) is 0 Å². The zero-order valence-electron chi connectivity index (χ0n) is 8.30. The van der Waals surface area contributed by atoms with Gasteiger partial charge in [0.2, 0.25) is 0 Å². The Bertz CT molecular complexity index is 281. The fourth-order valence-electron chi connectivity index (χ4n) is 1.15. The molecule has 1 aromatic carbocycles. The lowest BCUT2D eigenvalue weighted by Gasteiger charge is -2.09.